The Balaban J connectivity index is 1.23. The molecule has 1 aromatic heterocycles. The number of nitriles is 1. The molecule has 0 radical (unpaired) electrons. The van der Waals surface area contributed by atoms with Gasteiger partial charge in [0.05, 0.1) is 46.2 Å². The molecule has 1 amide bonds. The van der Waals surface area contributed by atoms with E-state index in [1.807, 2.05) is 18.2 Å². The summed E-state index contributed by atoms with van der Waals surface area (Å²) in [5.74, 6) is -0.411. The fourth-order valence-corrected chi connectivity index (χ4v) is 5.58. The van der Waals surface area contributed by atoms with Crippen LogP contribution in [-0.2, 0) is 23.7 Å². The van der Waals surface area contributed by atoms with E-state index in [-0.39, 0.29) is 5.57 Å². The molecule has 9 heteroatoms. The number of hydrogen-bond donors (Lipinski definition) is 1. The van der Waals surface area contributed by atoms with Gasteiger partial charge in [-0.3, -0.25) is 4.79 Å². The molecule has 0 bridgehead atoms. The molecule has 0 atom stereocenters. The number of anilines is 1. The van der Waals surface area contributed by atoms with E-state index >= 15 is 0 Å². The molecule has 0 saturated carbocycles. The molecule has 3 aromatic rings. The highest BCUT2D eigenvalue weighted by Crippen LogP contribution is 2.33. The summed E-state index contributed by atoms with van der Waals surface area (Å²) in [6.45, 7) is 5.89. The Kier molecular flexibility index (Phi) is 12.6. The molecule has 41 heavy (non-hydrogen) atoms. The first kappa shape index (κ1) is 30.7. The lowest BCUT2D eigenvalue weighted by Gasteiger charge is -2.29. The minimum atomic E-state index is -0.411. The first-order chi connectivity index (χ1) is 20.2. The van der Waals surface area contributed by atoms with Gasteiger partial charge in [-0.05, 0) is 72.0 Å². The molecule has 0 unspecified atom stereocenters. The fourth-order valence-electron chi connectivity index (χ4n) is 4.63. The number of carbonyl (C=O) groups excluding carboxylic acids is 1. The number of benzene rings is 2. The smallest absolute Gasteiger partial charge is 0.262 e. The monoisotopic (exact) mass is 577 g/mol. The summed E-state index contributed by atoms with van der Waals surface area (Å²) in [4.78, 5) is 16.9. The minimum Gasteiger partial charge on any atom is -0.382 e. The van der Waals surface area contributed by atoms with Crippen LogP contribution in [0.4, 0.5) is 5.69 Å². The van der Waals surface area contributed by atoms with Crippen LogP contribution in [0, 0.1) is 11.3 Å². The third-order valence-electron chi connectivity index (χ3n) is 6.82. The Labute approximate surface area is 246 Å². The molecule has 1 fully saturated rings. The number of nitrogens with one attached hydrogen (secondary N) is 1. The van der Waals surface area contributed by atoms with Crippen LogP contribution >= 0.6 is 11.3 Å². The predicted octanol–water partition coefficient (Wildman–Crippen LogP) is 5.28. The van der Waals surface area contributed by atoms with E-state index < -0.39 is 5.91 Å². The maximum Gasteiger partial charge on any atom is 0.262 e. The molecule has 1 saturated heterocycles. The van der Waals surface area contributed by atoms with Crippen LogP contribution in [0.2, 0.25) is 0 Å². The van der Waals surface area contributed by atoms with Crippen molar-refractivity contribution >= 4 is 39.8 Å². The number of thiophene rings is 1. The second-order valence-electron chi connectivity index (χ2n) is 9.75. The van der Waals surface area contributed by atoms with Crippen LogP contribution in [-0.4, -0.2) is 78.9 Å². The molecule has 2 heterocycles. The Morgan fingerprint density at radius 3 is 2.32 bits per heavy atom. The zero-order valence-corrected chi connectivity index (χ0v) is 24.5. The highest BCUT2D eigenvalue weighted by molar-refractivity contribution is 7.16. The lowest BCUT2D eigenvalue weighted by Crippen LogP contribution is -2.29. The lowest BCUT2D eigenvalue weighted by atomic mass is 10.0. The largest absolute Gasteiger partial charge is 0.382 e. The SMILES string of the molecule is COCCOCCOCCOCCNC(=O)/C(C#N)=C/c1ccc(-c2ccc3cc(N4CCCCC4)ccc3c2)s1. The number of rotatable bonds is 16. The van der Waals surface area contributed by atoms with Crippen molar-refractivity contribution < 1.29 is 23.7 Å². The summed E-state index contributed by atoms with van der Waals surface area (Å²) in [7, 11) is 1.63. The van der Waals surface area contributed by atoms with Crippen LogP contribution in [0.15, 0.2) is 54.1 Å². The van der Waals surface area contributed by atoms with Crippen LogP contribution in [0.1, 0.15) is 24.1 Å². The van der Waals surface area contributed by atoms with Gasteiger partial charge in [-0.25, -0.2) is 0 Å². The molecular formula is C32H39N3O5S. The van der Waals surface area contributed by atoms with Crippen LogP contribution in [0.5, 0.6) is 0 Å². The van der Waals surface area contributed by atoms with E-state index in [1.54, 1.807) is 24.5 Å². The number of carbonyl (C=O) groups is 1. The van der Waals surface area contributed by atoms with E-state index in [2.05, 4.69) is 46.6 Å². The average Bonchev–Trinajstić information content (AvgIpc) is 3.49. The van der Waals surface area contributed by atoms with Crippen molar-refractivity contribution in [1.29, 1.82) is 5.26 Å². The van der Waals surface area contributed by atoms with Crippen molar-refractivity contribution in [3.8, 4) is 16.5 Å². The quantitative estimate of drug-likeness (QED) is 0.141. The van der Waals surface area contributed by atoms with Gasteiger partial charge in [0.15, 0.2) is 0 Å². The maximum absolute atomic E-state index is 12.5. The van der Waals surface area contributed by atoms with Crippen LogP contribution < -0.4 is 10.2 Å². The first-order valence-electron chi connectivity index (χ1n) is 14.2. The summed E-state index contributed by atoms with van der Waals surface area (Å²) in [6.07, 6.45) is 5.49. The van der Waals surface area contributed by atoms with E-state index in [0.717, 1.165) is 28.4 Å². The zero-order valence-electron chi connectivity index (χ0n) is 23.7. The second kappa shape index (κ2) is 16.9. The van der Waals surface area contributed by atoms with Gasteiger partial charge in [-0.2, -0.15) is 5.26 Å². The molecule has 0 spiro atoms. The van der Waals surface area contributed by atoms with Gasteiger partial charge >= 0.3 is 0 Å². The molecule has 2 aromatic carbocycles. The van der Waals surface area contributed by atoms with Gasteiger partial charge in [0.25, 0.3) is 5.91 Å². The molecule has 0 aliphatic carbocycles. The third kappa shape index (κ3) is 9.66. The fraction of sp³-hybridized carbons (Fsp3) is 0.438. The van der Waals surface area contributed by atoms with Gasteiger partial charge in [0.1, 0.15) is 11.6 Å². The molecule has 1 aliphatic rings. The summed E-state index contributed by atoms with van der Waals surface area (Å²) >= 11 is 1.56. The van der Waals surface area contributed by atoms with Crippen LogP contribution in [0.25, 0.3) is 27.3 Å². The maximum atomic E-state index is 12.5. The normalized spacial score (nSPS) is 13.9. The highest BCUT2D eigenvalue weighted by atomic mass is 32.1. The van der Waals surface area contributed by atoms with Crippen molar-refractivity contribution in [1.82, 2.24) is 5.32 Å². The van der Waals surface area contributed by atoms with Crippen molar-refractivity contribution in [2.24, 2.45) is 0 Å². The molecular weight excluding hydrogens is 538 g/mol. The standard InChI is InChI=1S/C32H39N3O5S/c1-37-15-16-39-19-20-40-18-17-38-14-11-34-32(36)28(24-33)23-30-9-10-31(41-30)27-6-5-26-22-29(8-7-25(26)21-27)35-12-3-2-4-13-35/h5-10,21-23H,2-4,11-20H2,1H3,(H,34,36)/b28-23+. The molecule has 1 N–H and O–H groups in total. The molecule has 1 aliphatic heterocycles. The Morgan fingerprint density at radius 1 is 0.902 bits per heavy atom. The zero-order chi connectivity index (χ0) is 28.7. The molecule has 8 nitrogen and oxygen atoms in total. The third-order valence-corrected chi connectivity index (χ3v) is 7.90. The Hall–Kier alpha value is -3.26. The number of methoxy groups -OCH3 is 1. The van der Waals surface area contributed by atoms with E-state index in [1.165, 1.54) is 35.7 Å². The number of piperidine rings is 1. The summed E-state index contributed by atoms with van der Waals surface area (Å²) in [5, 5.41) is 14.7. The van der Waals surface area contributed by atoms with Crippen LogP contribution in [0.3, 0.4) is 0 Å². The average molecular weight is 578 g/mol. The van der Waals surface area contributed by atoms with E-state index in [4.69, 9.17) is 18.9 Å². The molecule has 4 rings (SSSR count). The number of hydrogen-bond acceptors (Lipinski definition) is 8. The first-order valence-corrected chi connectivity index (χ1v) is 15.0. The van der Waals surface area contributed by atoms with Gasteiger partial charge in [0.2, 0.25) is 0 Å². The van der Waals surface area contributed by atoms with Crippen molar-refractivity contribution in [2.75, 3.05) is 77.9 Å². The van der Waals surface area contributed by atoms with Gasteiger partial charge in [-0.1, -0.05) is 18.2 Å². The Bertz CT molecular complexity index is 1330. The van der Waals surface area contributed by atoms with Crippen molar-refractivity contribution in [3.63, 3.8) is 0 Å². The van der Waals surface area contributed by atoms with Crippen molar-refractivity contribution in [2.45, 2.75) is 19.3 Å². The minimum absolute atomic E-state index is 0.0685. The molecule has 218 valence electrons. The number of ether oxygens (including phenoxy) is 4. The topological polar surface area (TPSA) is 93.0 Å². The predicted molar refractivity (Wildman–Crippen MR) is 164 cm³/mol. The highest BCUT2D eigenvalue weighted by Gasteiger charge is 2.13. The lowest BCUT2D eigenvalue weighted by molar-refractivity contribution is -0.117. The second-order valence-corrected chi connectivity index (χ2v) is 10.9. The van der Waals surface area contributed by atoms with Crippen molar-refractivity contribution in [3.05, 3.63) is 59.0 Å². The summed E-state index contributed by atoms with van der Waals surface area (Å²) in [6, 6.07) is 19.2. The number of nitrogens with zero attached hydrogens (tertiary/aromatic N) is 2. The Morgan fingerprint density at radius 2 is 1.59 bits per heavy atom. The van der Waals surface area contributed by atoms with Gasteiger partial charge in [0, 0.05) is 42.2 Å². The summed E-state index contributed by atoms with van der Waals surface area (Å²) in [5.41, 5.74) is 2.49. The van der Waals surface area contributed by atoms with E-state index in [0.29, 0.717) is 52.8 Å². The number of fused-ring (bicyclic) bond motifs is 1. The number of amides is 1. The van der Waals surface area contributed by atoms with Gasteiger partial charge < -0.3 is 29.2 Å². The summed E-state index contributed by atoms with van der Waals surface area (Å²) < 4.78 is 21.1. The van der Waals surface area contributed by atoms with Gasteiger partial charge in [-0.15, -0.1) is 11.3 Å². The van der Waals surface area contributed by atoms with E-state index in [9.17, 15) is 10.1 Å².